The van der Waals surface area contributed by atoms with Crippen LogP contribution in [0.2, 0.25) is 0 Å². The van der Waals surface area contributed by atoms with Crippen LogP contribution in [0.3, 0.4) is 0 Å². The van der Waals surface area contributed by atoms with Crippen LogP contribution in [0.25, 0.3) is 0 Å². The molecule has 0 aromatic rings. The number of hydrogen-bond donors (Lipinski definition) is 0. The maximum Gasteiger partial charge on any atom is 0.0672 e. The molecule has 5 rings (SSSR count). The number of nitriles is 1. The Morgan fingerprint density at radius 3 is 2.12 bits per heavy atom. The van der Waals surface area contributed by atoms with Crippen LogP contribution in [-0.2, 0) is 0 Å². The van der Waals surface area contributed by atoms with Gasteiger partial charge >= 0.3 is 0 Å². The molecule has 16 heavy (non-hydrogen) atoms. The van der Waals surface area contributed by atoms with Gasteiger partial charge < -0.3 is 0 Å². The van der Waals surface area contributed by atoms with E-state index in [1.807, 2.05) is 0 Å². The van der Waals surface area contributed by atoms with E-state index in [1.54, 1.807) is 0 Å². The maximum absolute atomic E-state index is 9.28. The average Bonchev–Trinajstić information content (AvgIpc) is 2.68. The van der Waals surface area contributed by atoms with Gasteiger partial charge in [0.1, 0.15) is 0 Å². The van der Waals surface area contributed by atoms with Crippen LogP contribution >= 0.6 is 0 Å². The molecule has 0 unspecified atom stereocenters. The summed E-state index contributed by atoms with van der Waals surface area (Å²) in [6.07, 6.45) is 9.23. The highest BCUT2D eigenvalue weighted by Crippen LogP contribution is 2.48. The molecule has 5 fully saturated rings. The Morgan fingerprint density at radius 2 is 1.44 bits per heavy atom. The molecule has 0 N–H and O–H groups in total. The number of rotatable bonds is 0. The van der Waals surface area contributed by atoms with E-state index in [1.165, 1.54) is 38.5 Å². The van der Waals surface area contributed by atoms with Gasteiger partial charge in [0.2, 0.25) is 0 Å². The van der Waals surface area contributed by atoms with Crippen molar-refractivity contribution in [2.75, 3.05) is 0 Å². The van der Waals surface area contributed by atoms with Gasteiger partial charge in [-0.2, -0.15) is 5.26 Å². The predicted molar refractivity (Wildman–Crippen MR) is 60.3 cm³/mol. The monoisotopic (exact) mass is 217 g/mol. The summed E-state index contributed by atoms with van der Waals surface area (Å²) in [5, 5.41) is 14.6. The zero-order valence-corrected chi connectivity index (χ0v) is 9.68. The fourth-order valence-corrected chi connectivity index (χ4v) is 4.70. The Bertz CT molecular complexity index is 340. The maximum atomic E-state index is 9.28. The normalized spacial score (nSPS) is 51.3. The molecule has 0 aromatic heterocycles. The van der Waals surface area contributed by atoms with E-state index in [0.29, 0.717) is 12.0 Å². The number of fused-ring (bicyclic) bond motifs is 4. The molecule has 2 aliphatic carbocycles. The van der Waals surface area contributed by atoms with Crippen molar-refractivity contribution in [2.24, 2.45) is 5.92 Å². The molecular formula is C13H19N3. The molecule has 4 bridgehead atoms. The summed E-state index contributed by atoms with van der Waals surface area (Å²) < 4.78 is 0. The van der Waals surface area contributed by atoms with Crippen LogP contribution in [0.1, 0.15) is 44.9 Å². The molecule has 3 aliphatic heterocycles. The molecule has 3 saturated heterocycles. The van der Waals surface area contributed by atoms with Gasteiger partial charge in [0.05, 0.1) is 12.0 Å². The van der Waals surface area contributed by atoms with Crippen molar-refractivity contribution in [2.45, 2.75) is 69.1 Å². The van der Waals surface area contributed by atoms with E-state index in [2.05, 4.69) is 16.1 Å². The van der Waals surface area contributed by atoms with Crippen molar-refractivity contribution in [1.82, 2.24) is 10.0 Å². The molecular weight excluding hydrogens is 198 g/mol. The Morgan fingerprint density at radius 1 is 0.812 bits per heavy atom. The molecule has 0 spiro atoms. The Balaban J connectivity index is 1.72. The number of hydrazine groups is 1. The molecule has 3 heteroatoms. The minimum absolute atomic E-state index is 0.306. The zero-order chi connectivity index (χ0) is 10.7. The molecule has 3 nitrogen and oxygen atoms in total. The molecule has 3 atom stereocenters. The third kappa shape index (κ3) is 1.05. The second kappa shape index (κ2) is 3.21. The lowest BCUT2D eigenvalue weighted by molar-refractivity contribution is -0.156. The minimum atomic E-state index is 0.306. The van der Waals surface area contributed by atoms with E-state index in [9.17, 15) is 5.26 Å². The van der Waals surface area contributed by atoms with Gasteiger partial charge in [-0.25, -0.2) is 10.0 Å². The third-order valence-corrected chi connectivity index (χ3v) is 5.35. The van der Waals surface area contributed by atoms with Crippen molar-refractivity contribution in [1.29, 1.82) is 5.26 Å². The van der Waals surface area contributed by atoms with Gasteiger partial charge in [-0.05, 0) is 44.9 Å². The molecule has 0 amide bonds. The van der Waals surface area contributed by atoms with E-state index >= 15 is 0 Å². The largest absolute Gasteiger partial charge is 0.235 e. The fourth-order valence-electron chi connectivity index (χ4n) is 4.70. The van der Waals surface area contributed by atoms with Crippen LogP contribution in [0, 0.1) is 17.2 Å². The van der Waals surface area contributed by atoms with Gasteiger partial charge in [-0.1, -0.05) is 0 Å². The van der Waals surface area contributed by atoms with Gasteiger partial charge in [-0.3, -0.25) is 0 Å². The molecule has 0 aromatic carbocycles. The predicted octanol–water partition coefficient (Wildman–Crippen LogP) is 1.90. The summed E-state index contributed by atoms with van der Waals surface area (Å²) in [6.45, 7) is 0. The van der Waals surface area contributed by atoms with Crippen molar-refractivity contribution in [3.8, 4) is 6.07 Å². The summed E-state index contributed by atoms with van der Waals surface area (Å²) in [7, 11) is 0. The quantitative estimate of drug-likeness (QED) is 0.621. The van der Waals surface area contributed by atoms with E-state index in [4.69, 9.17) is 0 Å². The smallest absolute Gasteiger partial charge is 0.0672 e. The van der Waals surface area contributed by atoms with Crippen LogP contribution in [0.5, 0.6) is 0 Å². The Hall–Kier alpha value is -0.590. The Labute approximate surface area is 97.0 Å². The van der Waals surface area contributed by atoms with Crippen LogP contribution < -0.4 is 0 Å². The lowest BCUT2D eigenvalue weighted by atomic mass is 9.84. The highest BCUT2D eigenvalue weighted by molar-refractivity contribution is 5.08. The summed E-state index contributed by atoms with van der Waals surface area (Å²) in [5.74, 6) is 0.306. The number of hydrogen-bond acceptors (Lipinski definition) is 3. The standard InChI is InChI=1S/C13H19N3/c14-8-9-1-2-12-7-13(9)16-11-5-3-10(4-6-11)15(12)16/h9-13H,1-7H2/t9-,10?,11?,12+,13+/m0/s1. The fraction of sp³-hybridized carbons (Fsp3) is 0.923. The first-order valence-electron chi connectivity index (χ1n) is 6.84. The summed E-state index contributed by atoms with van der Waals surface area (Å²) in [6, 6.07) is 5.49. The average molecular weight is 217 g/mol. The number of nitrogens with zero attached hydrogens (tertiary/aromatic N) is 3. The van der Waals surface area contributed by atoms with Crippen LogP contribution in [0.15, 0.2) is 0 Å². The zero-order valence-electron chi connectivity index (χ0n) is 9.68. The summed E-state index contributed by atoms with van der Waals surface area (Å²) in [5.41, 5.74) is 0. The van der Waals surface area contributed by atoms with Gasteiger partial charge in [0.15, 0.2) is 0 Å². The SMILES string of the molecule is N#C[C@@H]1CC[C@@H]2C[C@H]1N1C3CCC(CC3)N21. The minimum Gasteiger partial charge on any atom is -0.235 e. The first-order chi connectivity index (χ1) is 7.88. The van der Waals surface area contributed by atoms with Gasteiger partial charge in [0.25, 0.3) is 0 Å². The van der Waals surface area contributed by atoms with Gasteiger partial charge in [0, 0.05) is 24.2 Å². The van der Waals surface area contributed by atoms with Crippen LogP contribution in [-0.4, -0.2) is 34.2 Å². The lowest BCUT2D eigenvalue weighted by Crippen LogP contribution is -2.61. The van der Waals surface area contributed by atoms with Crippen molar-refractivity contribution in [3.05, 3.63) is 0 Å². The molecule has 0 radical (unpaired) electrons. The van der Waals surface area contributed by atoms with E-state index in [-0.39, 0.29) is 0 Å². The molecule has 86 valence electrons. The topological polar surface area (TPSA) is 30.3 Å². The summed E-state index contributed by atoms with van der Waals surface area (Å²) >= 11 is 0. The third-order valence-electron chi connectivity index (χ3n) is 5.35. The second-order valence-electron chi connectivity index (χ2n) is 5.99. The van der Waals surface area contributed by atoms with E-state index in [0.717, 1.165) is 24.5 Å². The van der Waals surface area contributed by atoms with Crippen LogP contribution in [0.4, 0.5) is 0 Å². The van der Waals surface area contributed by atoms with Crippen molar-refractivity contribution >= 4 is 0 Å². The molecule has 3 heterocycles. The highest BCUT2D eigenvalue weighted by Gasteiger charge is 2.54. The van der Waals surface area contributed by atoms with E-state index < -0.39 is 0 Å². The highest BCUT2D eigenvalue weighted by atomic mass is 15.7. The lowest BCUT2D eigenvalue weighted by Gasteiger charge is -2.53. The molecule has 2 saturated carbocycles. The second-order valence-corrected chi connectivity index (χ2v) is 5.99. The Kier molecular flexibility index (Phi) is 1.89. The molecule has 5 aliphatic rings. The first kappa shape index (κ1) is 9.44. The van der Waals surface area contributed by atoms with Gasteiger partial charge in [-0.15, -0.1) is 0 Å². The first-order valence-corrected chi connectivity index (χ1v) is 6.84. The summed E-state index contributed by atoms with van der Waals surface area (Å²) in [4.78, 5) is 0. The van der Waals surface area contributed by atoms with Crippen molar-refractivity contribution in [3.63, 3.8) is 0 Å². The van der Waals surface area contributed by atoms with Crippen molar-refractivity contribution < 1.29 is 0 Å².